The van der Waals surface area contributed by atoms with Gasteiger partial charge < -0.3 is 8.85 Å². The minimum Gasteiger partial charge on any atom is -0.397 e. The quantitative estimate of drug-likeness (QED) is 0.503. The van der Waals surface area contributed by atoms with E-state index in [-0.39, 0.29) is 0 Å². The molecule has 0 amide bonds. The Morgan fingerprint density at radius 1 is 1.12 bits per heavy atom. The van der Waals surface area contributed by atoms with Gasteiger partial charge in [-0.15, -0.1) is 0 Å². The van der Waals surface area contributed by atoms with E-state index in [2.05, 4.69) is 19.1 Å². The van der Waals surface area contributed by atoms with Gasteiger partial charge in [0.2, 0.25) is 0 Å². The monoisotopic (exact) mass is 240 g/mol. The van der Waals surface area contributed by atoms with Crippen molar-refractivity contribution in [2.75, 3.05) is 13.2 Å². The van der Waals surface area contributed by atoms with Crippen LogP contribution in [-0.2, 0) is 8.85 Å². The third-order valence-electron chi connectivity index (χ3n) is 3.50. The Balaban J connectivity index is 1.68. The molecule has 0 radical (unpaired) electrons. The molecule has 0 spiro atoms. The van der Waals surface area contributed by atoms with Crippen LogP contribution in [0.3, 0.4) is 0 Å². The van der Waals surface area contributed by atoms with Crippen LogP contribution >= 0.6 is 0 Å². The molecule has 0 bridgehead atoms. The SMILES string of the molecule is CCO[SiH](OCC=CC1CC1)C1CCCC1. The molecule has 2 rings (SSSR count). The molecule has 2 nitrogen and oxygen atoms in total. The van der Waals surface area contributed by atoms with E-state index >= 15 is 0 Å². The fourth-order valence-corrected chi connectivity index (χ4v) is 4.69. The maximum absolute atomic E-state index is 5.97. The summed E-state index contributed by atoms with van der Waals surface area (Å²) in [4.78, 5) is 0. The van der Waals surface area contributed by atoms with Crippen molar-refractivity contribution >= 4 is 9.28 Å². The van der Waals surface area contributed by atoms with E-state index in [4.69, 9.17) is 8.85 Å². The van der Waals surface area contributed by atoms with Crippen LogP contribution in [0.1, 0.15) is 45.4 Å². The minimum absolute atomic E-state index is 0.772. The average Bonchev–Trinajstić information content (AvgIpc) is 2.95. The molecule has 2 aliphatic rings. The summed E-state index contributed by atoms with van der Waals surface area (Å²) >= 11 is 0. The highest BCUT2D eigenvalue weighted by molar-refractivity contribution is 6.46. The van der Waals surface area contributed by atoms with E-state index in [1.54, 1.807) is 0 Å². The largest absolute Gasteiger partial charge is 0.397 e. The molecule has 1 unspecified atom stereocenters. The van der Waals surface area contributed by atoms with E-state index in [9.17, 15) is 0 Å². The van der Waals surface area contributed by atoms with Crippen LogP contribution in [0.4, 0.5) is 0 Å². The summed E-state index contributed by atoms with van der Waals surface area (Å²) in [6.07, 6.45) is 12.7. The van der Waals surface area contributed by atoms with Gasteiger partial charge in [-0.3, -0.25) is 0 Å². The maximum atomic E-state index is 5.97. The van der Waals surface area contributed by atoms with Crippen molar-refractivity contribution < 1.29 is 8.85 Å². The van der Waals surface area contributed by atoms with Crippen LogP contribution in [0.2, 0.25) is 5.54 Å². The van der Waals surface area contributed by atoms with Crippen molar-refractivity contribution in [1.29, 1.82) is 0 Å². The molecule has 0 N–H and O–H groups in total. The summed E-state index contributed by atoms with van der Waals surface area (Å²) in [5.41, 5.74) is 0.772. The van der Waals surface area contributed by atoms with Gasteiger partial charge in [0.15, 0.2) is 0 Å². The fraction of sp³-hybridized carbons (Fsp3) is 0.846. The topological polar surface area (TPSA) is 18.5 Å². The molecule has 0 saturated heterocycles. The van der Waals surface area contributed by atoms with Gasteiger partial charge in [-0.2, -0.15) is 0 Å². The Hall–Kier alpha value is -0.123. The molecule has 0 aromatic rings. The number of rotatable bonds is 7. The van der Waals surface area contributed by atoms with E-state index in [1.165, 1.54) is 38.5 Å². The van der Waals surface area contributed by atoms with E-state index in [0.717, 1.165) is 24.7 Å². The van der Waals surface area contributed by atoms with Crippen molar-refractivity contribution in [3.05, 3.63) is 12.2 Å². The highest BCUT2D eigenvalue weighted by Crippen LogP contribution is 2.33. The van der Waals surface area contributed by atoms with Crippen LogP contribution in [0, 0.1) is 5.92 Å². The molecule has 0 heterocycles. The van der Waals surface area contributed by atoms with Crippen molar-refractivity contribution in [3.8, 4) is 0 Å². The van der Waals surface area contributed by atoms with E-state index in [0.29, 0.717) is 0 Å². The summed E-state index contributed by atoms with van der Waals surface area (Å²) in [5, 5.41) is 0. The molecule has 92 valence electrons. The molecule has 2 saturated carbocycles. The fourth-order valence-electron chi connectivity index (χ4n) is 2.40. The lowest BCUT2D eigenvalue weighted by Gasteiger charge is -2.20. The van der Waals surface area contributed by atoms with Gasteiger partial charge in [0.1, 0.15) is 0 Å². The van der Waals surface area contributed by atoms with Gasteiger partial charge in [-0.05, 0) is 44.1 Å². The van der Waals surface area contributed by atoms with Gasteiger partial charge in [-0.1, -0.05) is 25.0 Å². The Kier molecular flexibility index (Phi) is 5.07. The third-order valence-corrected chi connectivity index (χ3v) is 6.12. The molecular weight excluding hydrogens is 216 g/mol. The predicted molar refractivity (Wildman–Crippen MR) is 68.8 cm³/mol. The lowest BCUT2D eigenvalue weighted by atomic mass is 10.4. The van der Waals surface area contributed by atoms with Gasteiger partial charge in [-0.25, -0.2) is 0 Å². The molecular formula is C13H24O2Si. The van der Waals surface area contributed by atoms with Crippen LogP contribution in [-0.4, -0.2) is 22.5 Å². The zero-order valence-corrected chi connectivity index (χ0v) is 11.5. The second-order valence-corrected chi connectivity index (χ2v) is 7.31. The smallest absolute Gasteiger partial charge is 0.324 e. The van der Waals surface area contributed by atoms with Crippen LogP contribution in [0.5, 0.6) is 0 Å². The average molecular weight is 240 g/mol. The van der Waals surface area contributed by atoms with E-state index < -0.39 is 9.28 Å². The van der Waals surface area contributed by atoms with Crippen LogP contribution < -0.4 is 0 Å². The van der Waals surface area contributed by atoms with Crippen LogP contribution in [0.25, 0.3) is 0 Å². The first-order valence-corrected chi connectivity index (χ1v) is 8.41. The second-order valence-electron chi connectivity index (χ2n) is 4.97. The van der Waals surface area contributed by atoms with Crippen molar-refractivity contribution in [2.45, 2.75) is 51.0 Å². The molecule has 1 atom stereocenters. The second kappa shape index (κ2) is 6.57. The van der Waals surface area contributed by atoms with Crippen molar-refractivity contribution in [1.82, 2.24) is 0 Å². The number of hydrogen-bond acceptors (Lipinski definition) is 2. The molecule has 0 aromatic heterocycles. The van der Waals surface area contributed by atoms with Crippen LogP contribution in [0.15, 0.2) is 12.2 Å². The summed E-state index contributed by atoms with van der Waals surface area (Å²) < 4.78 is 11.8. The molecule has 0 aliphatic heterocycles. The number of allylic oxidation sites excluding steroid dienone is 1. The molecule has 16 heavy (non-hydrogen) atoms. The third kappa shape index (κ3) is 4.04. The first kappa shape index (κ1) is 12.3. The summed E-state index contributed by atoms with van der Waals surface area (Å²) in [7, 11) is -1.38. The Morgan fingerprint density at radius 2 is 1.88 bits per heavy atom. The maximum Gasteiger partial charge on any atom is 0.324 e. The lowest BCUT2D eigenvalue weighted by molar-refractivity contribution is 0.212. The molecule has 2 aliphatic carbocycles. The molecule has 2 fully saturated rings. The Labute approximate surface area is 101 Å². The van der Waals surface area contributed by atoms with Gasteiger partial charge in [0, 0.05) is 6.61 Å². The first-order valence-electron chi connectivity index (χ1n) is 6.80. The van der Waals surface area contributed by atoms with E-state index in [1.807, 2.05) is 0 Å². The molecule has 3 heteroatoms. The predicted octanol–water partition coefficient (Wildman–Crippen LogP) is 3.17. The van der Waals surface area contributed by atoms with Gasteiger partial charge in [0.25, 0.3) is 0 Å². The molecule has 0 aromatic carbocycles. The summed E-state index contributed by atoms with van der Waals surface area (Å²) in [6, 6.07) is 0. The summed E-state index contributed by atoms with van der Waals surface area (Å²) in [5.74, 6) is 0.863. The first-order chi connectivity index (χ1) is 7.90. The highest BCUT2D eigenvalue weighted by Gasteiger charge is 2.28. The highest BCUT2D eigenvalue weighted by atomic mass is 28.3. The zero-order chi connectivity index (χ0) is 11.2. The van der Waals surface area contributed by atoms with Gasteiger partial charge in [0.05, 0.1) is 6.61 Å². The zero-order valence-electron chi connectivity index (χ0n) is 10.4. The summed E-state index contributed by atoms with van der Waals surface area (Å²) in [6.45, 7) is 3.68. The Morgan fingerprint density at radius 3 is 2.50 bits per heavy atom. The van der Waals surface area contributed by atoms with Gasteiger partial charge >= 0.3 is 9.28 Å². The number of hydrogen-bond donors (Lipinski definition) is 0. The minimum atomic E-state index is -1.38. The Bertz CT molecular complexity index is 220. The standard InChI is InChI=1S/C13H24O2Si/c1-2-14-16(13-7-3-4-8-13)15-11-5-6-12-9-10-12/h5-6,12-13,16H,2-4,7-11H2,1H3. The van der Waals surface area contributed by atoms with Crippen molar-refractivity contribution in [2.24, 2.45) is 5.92 Å². The lowest BCUT2D eigenvalue weighted by Crippen LogP contribution is -2.28. The normalized spacial score (nSPS) is 24.3. The van der Waals surface area contributed by atoms with Crippen molar-refractivity contribution in [3.63, 3.8) is 0 Å².